The standard InChI is InChI=1S/C15H27N3O2S/c1-4-16-12-9-13-17(3)21(19,20)18(5-2)14-15-10-7-6-8-11-15/h6-8,10-11,16H,4-5,9,12-14H2,1-3H3. The maximum atomic E-state index is 12.6. The van der Waals surface area contributed by atoms with E-state index >= 15 is 0 Å². The predicted octanol–water partition coefficient (Wildman–Crippen LogP) is 1.68. The van der Waals surface area contributed by atoms with Crippen LogP contribution < -0.4 is 5.32 Å². The van der Waals surface area contributed by atoms with Gasteiger partial charge in [-0.15, -0.1) is 0 Å². The van der Waals surface area contributed by atoms with E-state index in [1.54, 1.807) is 7.05 Å². The van der Waals surface area contributed by atoms with Crippen LogP contribution in [0.25, 0.3) is 0 Å². The average molecular weight is 313 g/mol. The zero-order valence-electron chi connectivity index (χ0n) is 13.2. The first kappa shape index (κ1) is 18.1. The highest BCUT2D eigenvalue weighted by Crippen LogP contribution is 2.12. The third-order valence-corrected chi connectivity index (χ3v) is 5.36. The lowest BCUT2D eigenvalue weighted by atomic mass is 10.2. The third-order valence-electron chi connectivity index (χ3n) is 3.35. The maximum absolute atomic E-state index is 12.6. The first-order valence-electron chi connectivity index (χ1n) is 7.48. The van der Waals surface area contributed by atoms with Crippen molar-refractivity contribution in [3.05, 3.63) is 35.9 Å². The van der Waals surface area contributed by atoms with Crippen LogP contribution in [0.15, 0.2) is 30.3 Å². The minimum Gasteiger partial charge on any atom is -0.317 e. The fourth-order valence-electron chi connectivity index (χ4n) is 2.06. The van der Waals surface area contributed by atoms with Gasteiger partial charge in [0.2, 0.25) is 0 Å². The summed E-state index contributed by atoms with van der Waals surface area (Å²) in [6.07, 6.45) is 0.812. The molecule has 0 atom stereocenters. The second kappa shape index (κ2) is 9.15. The SMILES string of the molecule is CCNCCCN(C)S(=O)(=O)N(CC)Cc1ccccc1. The van der Waals surface area contributed by atoms with E-state index in [0.29, 0.717) is 19.6 Å². The number of hydrogen-bond donors (Lipinski definition) is 1. The van der Waals surface area contributed by atoms with Gasteiger partial charge >= 0.3 is 0 Å². The fourth-order valence-corrected chi connectivity index (χ4v) is 3.45. The third kappa shape index (κ3) is 5.74. The van der Waals surface area contributed by atoms with Crippen LogP contribution in [0.2, 0.25) is 0 Å². The van der Waals surface area contributed by atoms with Crippen molar-refractivity contribution in [3.63, 3.8) is 0 Å². The first-order valence-corrected chi connectivity index (χ1v) is 8.88. The van der Waals surface area contributed by atoms with E-state index in [2.05, 4.69) is 5.32 Å². The Hall–Kier alpha value is -0.950. The molecule has 0 radical (unpaired) electrons. The normalized spacial score (nSPS) is 12.2. The van der Waals surface area contributed by atoms with Gasteiger partial charge in [0.1, 0.15) is 0 Å². The summed E-state index contributed by atoms with van der Waals surface area (Å²) in [4.78, 5) is 0. The van der Waals surface area contributed by atoms with Gasteiger partial charge in [-0.25, -0.2) is 0 Å². The van der Waals surface area contributed by atoms with Crippen LogP contribution >= 0.6 is 0 Å². The van der Waals surface area contributed by atoms with Gasteiger partial charge in [-0.2, -0.15) is 17.0 Å². The summed E-state index contributed by atoms with van der Waals surface area (Å²) in [7, 11) is -1.75. The van der Waals surface area contributed by atoms with Gasteiger partial charge in [-0.05, 0) is 25.1 Å². The van der Waals surface area contributed by atoms with Gasteiger partial charge in [-0.1, -0.05) is 44.2 Å². The molecule has 6 heteroatoms. The van der Waals surface area contributed by atoms with Crippen LogP contribution in [-0.4, -0.2) is 50.3 Å². The Balaban J connectivity index is 2.64. The highest BCUT2D eigenvalue weighted by Gasteiger charge is 2.25. The minimum absolute atomic E-state index is 0.414. The van der Waals surface area contributed by atoms with Crippen molar-refractivity contribution < 1.29 is 8.42 Å². The Morgan fingerprint density at radius 1 is 1.14 bits per heavy atom. The molecule has 1 aromatic carbocycles. The van der Waals surface area contributed by atoms with Crippen LogP contribution in [0.3, 0.4) is 0 Å². The predicted molar refractivity (Wildman–Crippen MR) is 87.2 cm³/mol. The van der Waals surface area contributed by atoms with Gasteiger partial charge in [0, 0.05) is 26.7 Å². The zero-order valence-corrected chi connectivity index (χ0v) is 14.1. The van der Waals surface area contributed by atoms with Crippen LogP contribution in [0.4, 0.5) is 0 Å². The largest absolute Gasteiger partial charge is 0.317 e. The number of hydrogen-bond acceptors (Lipinski definition) is 3. The maximum Gasteiger partial charge on any atom is 0.282 e. The smallest absolute Gasteiger partial charge is 0.282 e. The van der Waals surface area contributed by atoms with E-state index in [4.69, 9.17) is 0 Å². The van der Waals surface area contributed by atoms with E-state index in [0.717, 1.165) is 25.1 Å². The molecule has 0 unspecified atom stereocenters. The summed E-state index contributed by atoms with van der Waals surface area (Å²) in [5.41, 5.74) is 1.00. The van der Waals surface area contributed by atoms with Crippen LogP contribution in [0.1, 0.15) is 25.8 Å². The molecular weight excluding hydrogens is 286 g/mol. The quantitative estimate of drug-likeness (QED) is 0.669. The molecule has 0 spiro atoms. The number of benzene rings is 1. The Morgan fingerprint density at radius 2 is 1.81 bits per heavy atom. The highest BCUT2D eigenvalue weighted by molar-refractivity contribution is 7.86. The number of nitrogens with one attached hydrogen (secondary N) is 1. The Morgan fingerprint density at radius 3 is 2.38 bits per heavy atom. The van der Waals surface area contributed by atoms with Crippen molar-refractivity contribution in [1.82, 2.24) is 13.9 Å². The van der Waals surface area contributed by atoms with E-state index in [1.807, 2.05) is 44.2 Å². The molecule has 21 heavy (non-hydrogen) atoms. The van der Waals surface area contributed by atoms with Crippen molar-refractivity contribution in [2.45, 2.75) is 26.8 Å². The molecule has 5 nitrogen and oxygen atoms in total. The molecule has 0 heterocycles. The average Bonchev–Trinajstić information content (AvgIpc) is 2.49. The summed E-state index contributed by atoms with van der Waals surface area (Å²) in [6.45, 7) is 7.06. The zero-order chi connectivity index (χ0) is 15.7. The molecule has 0 saturated heterocycles. The molecule has 1 rings (SSSR count). The number of nitrogens with zero attached hydrogens (tertiary/aromatic N) is 2. The first-order chi connectivity index (χ1) is 10.0. The second-order valence-electron chi connectivity index (χ2n) is 4.95. The molecule has 0 aromatic heterocycles. The Bertz CT molecular complexity index is 491. The Kier molecular flexibility index (Phi) is 7.88. The van der Waals surface area contributed by atoms with Gasteiger partial charge in [0.25, 0.3) is 10.2 Å². The van der Waals surface area contributed by atoms with E-state index < -0.39 is 10.2 Å². The van der Waals surface area contributed by atoms with Gasteiger partial charge < -0.3 is 5.32 Å². The fraction of sp³-hybridized carbons (Fsp3) is 0.600. The van der Waals surface area contributed by atoms with E-state index in [1.165, 1.54) is 8.61 Å². The summed E-state index contributed by atoms with van der Waals surface area (Å²) in [6, 6.07) is 9.68. The summed E-state index contributed by atoms with van der Waals surface area (Å²) in [5, 5.41) is 3.20. The summed E-state index contributed by atoms with van der Waals surface area (Å²) < 4.78 is 28.1. The minimum atomic E-state index is -3.40. The molecular formula is C15H27N3O2S. The van der Waals surface area contributed by atoms with Crippen molar-refractivity contribution in [3.8, 4) is 0 Å². The topological polar surface area (TPSA) is 52.7 Å². The monoisotopic (exact) mass is 313 g/mol. The summed E-state index contributed by atoms with van der Waals surface area (Å²) in [5.74, 6) is 0. The van der Waals surface area contributed by atoms with E-state index in [-0.39, 0.29) is 0 Å². The van der Waals surface area contributed by atoms with Crippen molar-refractivity contribution in [1.29, 1.82) is 0 Å². The number of rotatable bonds is 10. The lowest BCUT2D eigenvalue weighted by Gasteiger charge is -2.26. The van der Waals surface area contributed by atoms with E-state index in [9.17, 15) is 8.42 Å². The van der Waals surface area contributed by atoms with Crippen molar-refractivity contribution in [2.24, 2.45) is 0 Å². The van der Waals surface area contributed by atoms with Gasteiger partial charge in [0.15, 0.2) is 0 Å². The molecule has 0 aliphatic carbocycles. The molecule has 0 aliphatic rings. The molecule has 0 aliphatic heterocycles. The molecule has 0 amide bonds. The lowest BCUT2D eigenvalue weighted by Crippen LogP contribution is -2.42. The van der Waals surface area contributed by atoms with Crippen LogP contribution in [0.5, 0.6) is 0 Å². The van der Waals surface area contributed by atoms with Gasteiger partial charge in [-0.3, -0.25) is 0 Å². The van der Waals surface area contributed by atoms with Crippen molar-refractivity contribution >= 4 is 10.2 Å². The second-order valence-corrected chi connectivity index (χ2v) is 6.98. The summed E-state index contributed by atoms with van der Waals surface area (Å²) >= 11 is 0. The molecule has 0 bridgehead atoms. The van der Waals surface area contributed by atoms with Crippen LogP contribution in [-0.2, 0) is 16.8 Å². The van der Waals surface area contributed by atoms with Crippen LogP contribution in [0, 0.1) is 0 Å². The molecule has 1 aromatic rings. The molecule has 0 fully saturated rings. The molecule has 1 N–H and O–H groups in total. The Labute approximate surface area is 129 Å². The molecule has 120 valence electrons. The molecule has 0 saturated carbocycles. The van der Waals surface area contributed by atoms with Crippen molar-refractivity contribution in [2.75, 3.05) is 33.2 Å². The highest BCUT2D eigenvalue weighted by atomic mass is 32.2. The van der Waals surface area contributed by atoms with Gasteiger partial charge in [0.05, 0.1) is 0 Å². The lowest BCUT2D eigenvalue weighted by molar-refractivity contribution is 0.361.